The van der Waals surface area contributed by atoms with Gasteiger partial charge >= 0.3 is 0 Å². The van der Waals surface area contributed by atoms with Crippen LogP contribution in [-0.4, -0.2) is 23.9 Å². The minimum absolute atomic E-state index is 0.125. The second kappa shape index (κ2) is 8.60. The van der Waals surface area contributed by atoms with Crippen molar-refractivity contribution in [2.45, 2.75) is 13.0 Å². The number of thiocarbonyl (C=S) groups is 1. The van der Waals surface area contributed by atoms with Gasteiger partial charge in [-0.15, -0.1) is 0 Å². The molecule has 2 aromatic rings. The summed E-state index contributed by atoms with van der Waals surface area (Å²) in [5.41, 5.74) is 2.18. The maximum atomic E-state index is 9.56. The van der Waals surface area contributed by atoms with Crippen molar-refractivity contribution in [2.75, 3.05) is 13.7 Å². The molecule has 0 bridgehead atoms. The molecule has 0 aromatic heterocycles. The van der Waals surface area contributed by atoms with Crippen LogP contribution in [-0.2, 0) is 13.0 Å². The molecule has 2 aromatic carbocycles. The summed E-state index contributed by atoms with van der Waals surface area (Å²) < 4.78 is 5.08. The van der Waals surface area contributed by atoms with Crippen LogP contribution in [0.1, 0.15) is 11.1 Å². The first-order valence-electron chi connectivity index (χ1n) is 7.20. The normalized spacial score (nSPS) is 10.2. The van der Waals surface area contributed by atoms with Crippen LogP contribution in [0.15, 0.2) is 42.5 Å². The molecule has 2 rings (SSSR count). The molecule has 122 valence electrons. The summed E-state index contributed by atoms with van der Waals surface area (Å²) in [6, 6.07) is 13.0. The first-order valence-corrected chi connectivity index (χ1v) is 7.99. The lowest BCUT2D eigenvalue weighted by Gasteiger charge is -2.11. The Hall–Kier alpha value is -1.98. The lowest BCUT2D eigenvalue weighted by Crippen LogP contribution is -2.35. The highest BCUT2D eigenvalue weighted by Gasteiger charge is 2.03. The van der Waals surface area contributed by atoms with Crippen molar-refractivity contribution < 1.29 is 9.84 Å². The molecule has 3 N–H and O–H groups in total. The minimum Gasteiger partial charge on any atom is -0.504 e. The molecular weight excluding hydrogens is 332 g/mol. The van der Waals surface area contributed by atoms with Crippen LogP contribution >= 0.6 is 23.8 Å². The monoisotopic (exact) mass is 350 g/mol. The first-order chi connectivity index (χ1) is 11.1. The quantitative estimate of drug-likeness (QED) is 0.698. The Balaban J connectivity index is 1.73. The highest BCUT2D eigenvalue weighted by molar-refractivity contribution is 7.80. The van der Waals surface area contributed by atoms with Gasteiger partial charge in [0.1, 0.15) is 0 Å². The number of halogens is 1. The van der Waals surface area contributed by atoms with Crippen molar-refractivity contribution >= 4 is 28.9 Å². The molecule has 0 aliphatic carbocycles. The molecule has 6 heteroatoms. The Labute approximate surface area is 146 Å². The SMILES string of the molecule is COc1cc(CNC(=S)NCCc2ccc(Cl)cc2)ccc1O. The van der Waals surface area contributed by atoms with Crippen molar-refractivity contribution in [3.05, 3.63) is 58.6 Å². The summed E-state index contributed by atoms with van der Waals surface area (Å²) in [6.45, 7) is 1.30. The fraction of sp³-hybridized carbons (Fsp3) is 0.235. The van der Waals surface area contributed by atoms with E-state index in [1.165, 1.54) is 12.7 Å². The molecule has 4 nitrogen and oxygen atoms in total. The van der Waals surface area contributed by atoms with Gasteiger partial charge in [0, 0.05) is 18.1 Å². The third kappa shape index (κ3) is 5.62. The van der Waals surface area contributed by atoms with E-state index in [4.69, 9.17) is 28.6 Å². The van der Waals surface area contributed by atoms with Crippen LogP contribution < -0.4 is 15.4 Å². The predicted octanol–water partition coefficient (Wildman–Crippen LogP) is 3.26. The van der Waals surface area contributed by atoms with E-state index in [1.54, 1.807) is 12.1 Å². The molecule has 0 amide bonds. The average Bonchev–Trinajstić information content (AvgIpc) is 2.56. The van der Waals surface area contributed by atoms with Crippen molar-refractivity contribution in [1.82, 2.24) is 10.6 Å². The summed E-state index contributed by atoms with van der Waals surface area (Å²) in [5.74, 6) is 0.575. The van der Waals surface area contributed by atoms with E-state index in [9.17, 15) is 5.11 Å². The number of aromatic hydroxyl groups is 1. The third-order valence-corrected chi connectivity index (χ3v) is 3.85. The third-order valence-electron chi connectivity index (χ3n) is 3.31. The molecule has 0 aliphatic rings. The zero-order valence-electron chi connectivity index (χ0n) is 12.8. The average molecular weight is 351 g/mol. The van der Waals surface area contributed by atoms with Gasteiger partial charge < -0.3 is 20.5 Å². The minimum atomic E-state index is 0.125. The van der Waals surface area contributed by atoms with E-state index >= 15 is 0 Å². The highest BCUT2D eigenvalue weighted by Crippen LogP contribution is 2.26. The summed E-state index contributed by atoms with van der Waals surface area (Å²) in [5, 5.41) is 17.2. The zero-order valence-corrected chi connectivity index (χ0v) is 14.4. The fourth-order valence-electron chi connectivity index (χ4n) is 2.05. The van der Waals surface area contributed by atoms with Crippen LogP contribution in [0, 0.1) is 0 Å². The molecule has 0 saturated carbocycles. The summed E-state index contributed by atoms with van der Waals surface area (Å²) in [7, 11) is 1.52. The summed E-state index contributed by atoms with van der Waals surface area (Å²) in [6.07, 6.45) is 0.867. The molecule has 0 fully saturated rings. The number of hydrogen-bond donors (Lipinski definition) is 3. The van der Waals surface area contributed by atoms with E-state index in [0.29, 0.717) is 17.4 Å². The largest absolute Gasteiger partial charge is 0.504 e. The molecule has 0 spiro atoms. The number of nitrogens with one attached hydrogen (secondary N) is 2. The van der Waals surface area contributed by atoms with Crippen LogP contribution in [0.3, 0.4) is 0 Å². The van der Waals surface area contributed by atoms with Crippen molar-refractivity contribution in [3.8, 4) is 11.5 Å². The number of hydrogen-bond acceptors (Lipinski definition) is 3. The Morgan fingerprint density at radius 3 is 2.52 bits per heavy atom. The Bertz CT molecular complexity index is 662. The molecule has 0 unspecified atom stereocenters. The Morgan fingerprint density at radius 2 is 1.83 bits per heavy atom. The molecule has 23 heavy (non-hydrogen) atoms. The van der Waals surface area contributed by atoms with E-state index in [0.717, 1.165) is 23.6 Å². The first kappa shape index (κ1) is 17.4. The van der Waals surface area contributed by atoms with Crippen LogP contribution in [0.2, 0.25) is 5.02 Å². The van der Waals surface area contributed by atoms with Crippen LogP contribution in [0.5, 0.6) is 11.5 Å². The number of benzene rings is 2. The standard InChI is InChI=1S/C17H19ClN2O2S/c1-22-16-10-13(4-7-15(16)21)11-20-17(23)19-9-8-12-2-5-14(18)6-3-12/h2-7,10,21H,8-9,11H2,1H3,(H2,19,20,23). The van der Waals surface area contributed by atoms with Gasteiger partial charge in [-0.05, 0) is 54.0 Å². The van der Waals surface area contributed by atoms with Crippen LogP contribution in [0.4, 0.5) is 0 Å². The second-order valence-corrected chi connectivity index (χ2v) is 5.84. The lowest BCUT2D eigenvalue weighted by atomic mass is 10.1. The number of phenolic OH excluding ortho intramolecular Hbond substituents is 1. The van der Waals surface area contributed by atoms with Gasteiger partial charge in [0.25, 0.3) is 0 Å². The maximum absolute atomic E-state index is 9.56. The van der Waals surface area contributed by atoms with E-state index in [2.05, 4.69) is 10.6 Å². The lowest BCUT2D eigenvalue weighted by molar-refractivity contribution is 0.373. The zero-order chi connectivity index (χ0) is 16.7. The molecule has 0 aliphatic heterocycles. The van der Waals surface area contributed by atoms with Gasteiger partial charge in [0.2, 0.25) is 0 Å². The van der Waals surface area contributed by atoms with E-state index < -0.39 is 0 Å². The van der Waals surface area contributed by atoms with E-state index in [1.807, 2.05) is 30.3 Å². The summed E-state index contributed by atoms with van der Waals surface area (Å²) in [4.78, 5) is 0. The second-order valence-electron chi connectivity index (χ2n) is 4.99. The Kier molecular flexibility index (Phi) is 6.50. The predicted molar refractivity (Wildman–Crippen MR) is 97.3 cm³/mol. The van der Waals surface area contributed by atoms with Gasteiger partial charge in [0.15, 0.2) is 16.6 Å². The molecular formula is C17H19ClN2O2S. The van der Waals surface area contributed by atoms with E-state index in [-0.39, 0.29) is 5.75 Å². The number of methoxy groups -OCH3 is 1. The van der Waals surface area contributed by atoms with Gasteiger partial charge in [-0.25, -0.2) is 0 Å². The van der Waals surface area contributed by atoms with Gasteiger partial charge in [-0.3, -0.25) is 0 Å². The molecule has 0 atom stereocenters. The summed E-state index contributed by atoms with van der Waals surface area (Å²) >= 11 is 11.1. The van der Waals surface area contributed by atoms with Crippen LogP contribution in [0.25, 0.3) is 0 Å². The maximum Gasteiger partial charge on any atom is 0.166 e. The smallest absolute Gasteiger partial charge is 0.166 e. The van der Waals surface area contributed by atoms with Gasteiger partial charge in [0.05, 0.1) is 7.11 Å². The molecule has 0 heterocycles. The number of phenols is 1. The topological polar surface area (TPSA) is 53.5 Å². The molecule has 0 radical (unpaired) electrons. The fourth-order valence-corrected chi connectivity index (χ4v) is 2.35. The van der Waals surface area contributed by atoms with Gasteiger partial charge in [-0.1, -0.05) is 29.8 Å². The van der Waals surface area contributed by atoms with Crippen molar-refractivity contribution in [1.29, 1.82) is 0 Å². The van der Waals surface area contributed by atoms with Gasteiger partial charge in [-0.2, -0.15) is 0 Å². The highest BCUT2D eigenvalue weighted by atomic mass is 35.5. The van der Waals surface area contributed by atoms with Crippen molar-refractivity contribution in [3.63, 3.8) is 0 Å². The Morgan fingerprint density at radius 1 is 1.13 bits per heavy atom. The number of rotatable bonds is 6. The van der Waals surface area contributed by atoms with Crippen molar-refractivity contribution in [2.24, 2.45) is 0 Å². The molecule has 0 saturated heterocycles. The number of ether oxygens (including phenoxy) is 1.